The fraction of sp³-hybridized carbons (Fsp3) is 0.667. The molecular weight excluding hydrogens is 194 g/mol. The third kappa shape index (κ3) is 2.40. The Morgan fingerprint density at radius 2 is 2.20 bits per heavy atom. The first-order valence-electron chi connectivity index (χ1n) is 4.93. The highest BCUT2D eigenvalue weighted by atomic mass is 16.5. The van der Waals surface area contributed by atoms with Crippen LogP contribution in [0.5, 0.6) is 0 Å². The maximum atomic E-state index is 5.59. The SMILES string of the molecule is Cc1nc(N)nc(C2CN(C)CCO2)n1. The molecule has 6 heteroatoms. The molecule has 15 heavy (non-hydrogen) atoms. The lowest BCUT2D eigenvalue weighted by Gasteiger charge is -2.28. The van der Waals surface area contributed by atoms with E-state index in [1.54, 1.807) is 6.92 Å². The first kappa shape index (κ1) is 10.3. The van der Waals surface area contributed by atoms with Gasteiger partial charge in [-0.15, -0.1) is 0 Å². The van der Waals surface area contributed by atoms with Gasteiger partial charge in [-0.1, -0.05) is 0 Å². The van der Waals surface area contributed by atoms with Crippen molar-refractivity contribution >= 4 is 5.95 Å². The maximum absolute atomic E-state index is 5.59. The third-order valence-electron chi connectivity index (χ3n) is 2.34. The summed E-state index contributed by atoms with van der Waals surface area (Å²) in [6.07, 6.45) is -0.0900. The van der Waals surface area contributed by atoms with Gasteiger partial charge in [0.05, 0.1) is 6.61 Å². The van der Waals surface area contributed by atoms with E-state index in [1.165, 1.54) is 0 Å². The summed E-state index contributed by atoms with van der Waals surface area (Å²) in [5, 5.41) is 0. The molecule has 0 aliphatic carbocycles. The van der Waals surface area contributed by atoms with Crippen molar-refractivity contribution in [2.24, 2.45) is 0 Å². The van der Waals surface area contributed by atoms with Gasteiger partial charge in [0.1, 0.15) is 11.9 Å². The number of nitrogen functional groups attached to an aromatic ring is 1. The fourth-order valence-corrected chi connectivity index (χ4v) is 1.60. The van der Waals surface area contributed by atoms with Crippen LogP contribution < -0.4 is 5.73 Å². The van der Waals surface area contributed by atoms with Gasteiger partial charge in [-0.3, -0.25) is 0 Å². The van der Waals surface area contributed by atoms with Crippen LogP contribution in [0.15, 0.2) is 0 Å². The molecule has 6 nitrogen and oxygen atoms in total. The monoisotopic (exact) mass is 209 g/mol. The lowest BCUT2D eigenvalue weighted by Crippen LogP contribution is -2.36. The second kappa shape index (κ2) is 4.08. The van der Waals surface area contributed by atoms with Crippen LogP contribution in [0.25, 0.3) is 0 Å². The number of ether oxygens (including phenoxy) is 1. The number of nitrogens with two attached hydrogens (primary N) is 1. The van der Waals surface area contributed by atoms with Crippen LogP contribution in [0.2, 0.25) is 0 Å². The van der Waals surface area contributed by atoms with Gasteiger partial charge in [0.25, 0.3) is 0 Å². The Bertz CT molecular complexity index is 336. The minimum Gasteiger partial charge on any atom is -0.368 e. The largest absolute Gasteiger partial charge is 0.368 e. The smallest absolute Gasteiger partial charge is 0.223 e. The van der Waals surface area contributed by atoms with E-state index in [0.717, 1.165) is 13.1 Å². The molecule has 2 heterocycles. The molecule has 0 saturated carbocycles. The van der Waals surface area contributed by atoms with Crippen LogP contribution in [-0.2, 0) is 4.74 Å². The molecule has 2 N–H and O–H groups in total. The summed E-state index contributed by atoms with van der Waals surface area (Å²) < 4.78 is 5.59. The molecular formula is C9H15N5O. The van der Waals surface area contributed by atoms with E-state index >= 15 is 0 Å². The lowest BCUT2D eigenvalue weighted by atomic mass is 10.2. The Morgan fingerprint density at radius 3 is 2.87 bits per heavy atom. The molecule has 1 aliphatic rings. The zero-order chi connectivity index (χ0) is 10.8. The normalized spacial score (nSPS) is 22.9. The molecule has 0 spiro atoms. The number of aryl methyl sites for hydroxylation is 1. The Labute approximate surface area is 88.5 Å². The quantitative estimate of drug-likeness (QED) is 0.688. The molecule has 0 amide bonds. The van der Waals surface area contributed by atoms with E-state index in [4.69, 9.17) is 10.5 Å². The van der Waals surface area contributed by atoms with Crippen molar-refractivity contribution < 1.29 is 4.74 Å². The van der Waals surface area contributed by atoms with Gasteiger partial charge in [-0.25, -0.2) is 4.98 Å². The van der Waals surface area contributed by atoms with Gasteiger partial charge in [0.15, 0.2) is 5.82 Å². The molecule has 1 unspecified atom stereocenters. The van der Waals surface area contributed by atoms with Crippen molar-refractivity contribution in [3.63, 3.8) is 0 Å². The Balaban J connectivity index is 2.20. The van der Waals surface area contributed by atoms with E-state index in [2.05, 4.69) is 19.9 Å². The van der Waals surface area contributed by atoms with Gasteiger partial charge >= 0.3 is 0 Å². The summed E-state index contributed by atoms with van der Waals surface area (Å²) in [6.45, 7) is 4.23. The van der Waals surface area contributed by atoms with Crippen LogP contribution in [-0.4, -0.2) is 46.6 Å². The minimum atomic E-state index is -0.0900. The first-order chi connectivity index (χ1) is 7.15. The summed E-state index contributed by atoms with van der Waals surface area (Å²) in [5.74, 6) is 1.52. The molecule has 0 radical (unpaired) electrons. The van der Waals surface area contributed by atoms with Crippen molar-refractivity contribution in [1.29, 1.82) is 0 Å². The first-order valence-corrected chi connectivity index (χ1v) is 4.93. The van der Waals surface area contributed by atoms with E-state index in [0.29, 0.717) is 18.3 Å². The van der Waals surface area contributed by atoms with Crippen molar-refractivity contribution in [3.8, 4) is 0 Å². The van der Waals surface area contributed by atoms with Gasteiger partial charge < -0.3 is 15.4 Å². The standard InChI is InChI=1S/C9H15N5O/c1-6-11-8(13-9(10)12-6)7-5-14(2)3-4-15-7/h7H,3-5H2,1-2H3,(H2,10,11,12,13). The Kier molecular flexibility index (Phi) is 2.79. The zero-order valence-corrected chi connectivity index (χ0v) is 8.97. The van der Waals surface area contributed by atoms with Crippen LogP contribution in [0.4, 0.5) is 5.95 Å². The summed E-state index contributed by atoms with van der Waals surface area (Å²) in [6, 6.07) is 0. The van der Waals surface area contributed by atoms with Gasteiger partial charge in [-0.2, -0.15) is 9.97 Å². The number of likely N-dealkylation sites (N-methyl/N-ethyl adjacent to an activating group) is 1. The Morgan fingerprint density at radius 1 is 1.40 bits per heavy atom. The molecule has 0 bridgehead atoms. The van der Waals surface area contributed by atoms with E-state index < -0.39 is 0 Å². The summed E-state index contributed by atoms with van der Waals surface area (Å²) in [4.78, 5) is 14.5. The molecule has 1 aliphatic heterocycles. The van der Waals surface area contributed by atoms with Crippen molar-refractivity contribution in [2.75, 3.05) is 32.5 Å². The number of morpholine rings is 1. The highest BCUT2D eigenvalue weighted by molar-refractivity contribution is 5.16. The lowest BCUT2D eigenvalue weighted by molar-refractivity contribution is -0.0256. The number of hydrogen-bond donors (Lipinski definition) is 1. The maximum Gasteiger partial charge on any atom is 0.223 e. The second-order valence-electron chi connectivity index (χ2n) is 3.72. The summed E-state index contributed by atoms with van der Waals surface area (Å²) in [7, 11) is 2.05. The molecule has 1 aromatic rings. The molecule has 2 rings (SSSR count). The topological polar surface area (TPSA) is 77.2 Å². The zero-order valence-electron chi connectivity index (χ0n) is 8.97. The number of aromatic nitrogens is 3. The van der Waals surface area contributed by atoms with Gasteiger partial charge in [-0.05, 0) is 14.0 Å². The van der Waals surface area contributed by atoms with E-state index in [-0.39, 0.29) is 12.1 Å². The van der Waals surface area contributed by atoms with Crippen LogP contribution in [0.3, 0.4) is 0 Å². The third-order valence-corrected chi connectivity index (χ3v) is 2.34. The predicted octanol–water partition coefficient (Wildman–Crippen LogP) is -0.235. The van der Waals surface area contributed by atoms with Gasteiger partial charge in [0.2, 0.25) is 5.95 Å². The predicted molar refractivity (Wildman–Crippen MR) is 55.2 cm³/mol. The van der Waals surface area contributed by atoms with Crippen LogP contribution in [0.1, 0.15) is 17.8 Å². The molecule has 0 aromatic carbocycles. The highest BCUT2D eigenvalue weighted by Crippen LogP contribution is 2.18. The van der Waals surface area contributed by atoms with E-state index in [1.807, 2.05) is 7.05 Å². The fourth-order valence-electron chi connectivity index (χ4n) is 1.60. The average Bonchev–Trinajstić information content (AvgIpc) is 2.16. The Hall–Kier alpha value is -1.27. The molecule has 1 atom stereocenters. The molecule has 82 valence electrons. The molecule has 1 aromatic heterocycles. The number of rotatable bonds is 1. The van der Waals surface area contributed by atoms with Crippen molar-refractivity contribution in [1.82, 2.24) is 19.9 Å². The summed E-state index contributed by atoms with van der Waals surface area (Å²) >= 11 is 0. The number of nitrogens with zero attached hydrogens (tertiary/aromatic N) is 4. The van der Waals surface area contributed by atoms with Gasteiger partial charge in [0, 0.05) is 13.1 Å². The van der Waals surface area contributed by atoms with Crippen LogP contribution in [0, 0.1) is 6.92 Å². The number of anilines is 1. The molecule has 1 fully saturated rings. The summed E-state index contributed by atoms with van der Waals surface area (Å²) in [5.41, 5.74) is 5.57. The van der Waals surface area contributed by atoms with Crippen molar-refractivity contribution in [3.05, 3.63) is 11.6 Å². The number of hydrogen-bond acceptors (Lipinski definition) is 6. The van der Waals surface area contributed by atoms with Crippen molar-refractivity contribution in [2.45, 2.75) is 13.0 Å². The highest BCUT2D eigenvalue weighted by Gasteiger charge is 2.22. The minimum absolute atomic E-state index is 0.0900. The second-order valence-corrected chi connectivity index (χ2v) is 3.72. The average molecular weight is 209 g/mol. The van der Waals surface area contributed by atoms with Crippen LogP contribution >= 0.6 is 0 Å². The van der Waals surface area contributed by atoms with E-state index in [9.17, 15) is 0 Å². The molecule has 1 saturated heterocycles.